The van der Waals surface area contributed by atoms with E-state index in [2.05, 4.69) is 29.4 Å². The molecule has 0 aliphatic heterocycles. The Balaban J connectivity index is 1.51. The summed E-state index contributed by atoms with van der Waals surface area (Å²) < 4.78 is 5.86. The Morgan fingerprint density at radius 1 is 1.29 bits per heavy atom. The van der Waals surface area contributed by atoms with E-state index in [0.29, 0.717) is 5.92 Å². The van der Waals surface area contributed by atoms with Gasteiger partial charge in [-0.3, -0.25) is 4.98 Å². The lowest BCUT2D eigenvalue weighted by Crippen LogP contribution is -2.28. The normalized spacial score (nSPS) is 20.8. The molecule has 0 bridgehead atoms. The lowest BCUT2D eigenvalue weighted by atomic mass is 9.87. The van der Waals surface area contributed by atoms with E-state index in [1.165, 1.54) is 12.0 Å². The Bertz CT molecular complexity index is 645. The number of aliphatic hydroxyl groups excluding tert-OH is 1. The quantitative estimate of drug-likeness (QED) is 0.847. The van der Waals surface area contributed by atoms with Crippen molar-refractivity contribution >= 4 is 0 Å². The summed E-state index contributed by atoms with van der Waals surface area (Å²) in [6.45, 7) is 3.89. The third kappa shape index (κ3) is 4.79. The Morgan fingerprint density at radius 2 is 2.21 bits per heavy atom. The molecule has 1 fully saturated rings. The second-order valence-corrected chi connectivity index (χ2v) is 6.71. The topological polar surface area (TPSA) is 54.4 Å². The molecule has 2 aromatic rings. The highest BCUT2D eigenvalue weighted by atomic mass is 16.5. The summed E-state index contributed by atoms with van der Waals surface area (Å²) in [6.07, 6.45) is 7.62. The molecular formula is C20H26N2O2. The molecule has 0 spiro atoms. The van der Waals surface area contributed by atoms with Gasteiger partial charge in [0.1, 0.15) is 11.5 Å². The molecule has 0 radical (unpaired) electrons. The zero-order valence-corrected chi connectivity index (χ0v) is 14.2. The van der Waals surface area contributed by atoms with E-state index >= 15 is 0 Å². The van der Waals surface area contributed by atoms with Crippen molar-refractivity contribution in [3.8, 4) is 11.5 Å². The number of nitrogens with zero attached hydrogens (tertiary/aromatic N) is 1. The number of rotatable bonds is 6. The molecular weight excluding hydrogens is 300 g/mol. The maximum atomic E-state index is 9.74. The van der Waals surface area contributed by atoms with Crippen LogP contribution in [0, 0.1) is 12.8 Å². The van der Waals surface area contributed by atoms with Crippen molar-refractivity contribution in [3.05, 3.63) is 53.9 Å². The smallest absolute Gasteiger partial charge is 0.145 e. The third-order valence-electron chi connectivity index (χ3n) is 4.62. The first-order chi connectivity index (χ1) is 11.7. The minimum Gasteiger partial charge on any atom is -0.455 e. The number of pyridine rings is 1. The zero-order chi connectivity index (χ0) is 16.8. The van der Waals surface area contributed by atoms with Crippen LogP contribution >= 0.6 is 0 Å². The van der Waals surface area contributed by atoms with Gasteiger partial charge in [-0.1, -0.05) is 18.6 Å². The van der Waals surface area contributed by atoms with Gasteiger partial charge in [0.05, 0.1) is 12.3 Å². The first-order valence-corrected chi connectivity index (χ1v) is 8.77. The van der Waals surface area contributed by atoms with Gasteiger partial charge < -0.3 is 15.2 Å². The number of aliphatic hydroxyl groups is 1. The van der Waals surface area contributed by atoms with Crippen molar-refractivity contribution < 1.29 is 9.84 Å². The first kappa shape index (κ1) is 16.9. The van der Waals surface area contributed by atoms with Crippen molar-refractivity contribution in [2.45, 2.75) is 45.3 Å². The van der Waals surface area contributed by atoms with Crippen molar-refractivity contribution in [2.75, 3.05) is 6.54 Å². The number of hydrogen-bond donors (Lipinski definition) is 2. The first-order valence-electron chi connectivity index (χ1n) is 8.77. The summed E-state index contributed by atoms with van der Waals surface area (Å²) in [5.41, 5.74) is 2.37. The van der Waals surface area contributed by atoms with Crippen molar-refractivity contribution in [1.29, 1.82) is 0 Å². The average molecular weight is 326 g/mol. The predicted molar refractivity (Wildman–Crippen MR) is 95.2 cm³/mol. The summed E-state index contributed by atoms with van der Waals surface area (Å²) in [6, 6.07) is 10.0. The number of benzene rings is 1. The SMILES string of the molecule is Cc1cc(CNCC2CCCC(O)C2)ccc1Oc1cccnc1. The van der Waals surface area contributed by atoms with Gasteiger partial charge in [0.15, 0.2) is 0 Å². The van der Waals surface area contributed by atoms with E-state index in [9.17, 15) is 5.11 Å². The van der Waals surface area contributed by atoms with Gasteiger partial charge in [0.2, 0.25) is 0 Å². The predicted octanol–water partition coefficient (Wildman–Crippen LogP) is 3.82. The molecule has 1 aliphatic rings. The van der Waals surface area contributed by atoms with Crippen LogP contribution in [0.2, 0.25) is 0 Å². The van der Waals surface area contributed by atoms with Gasteiger partial charge in [-0.05, 0) is 68.0 Å². The molecule has 1 aromatic carbocycles. The zero-order valence-electron chi connectivity index (χ0n) is 14.2. The fourth-order valence-corrected chi connectivity index (χ4v) is 3.34. The summed E-state index contributed by atoms with van der Waals surface area (Å²) in [4.78, 5) is 4.07. The van der Waals surface area contributed by atoms with E-state index in [4.69, 9.17) is 4.74 Å². The lowest BCUT2D eigenvalue weighted by molar-refractivity contribution is 0.101. The minimum atomic E-state index is -0.100. The third-order valence-corrected chi connectivity index (χ3v) is 4.62. The number of aryl methyl sites for hydroxylation is 1. The van der Waals surface area contributed by atoms with Crippen molar-refractivity contribution in [3.63, 3.8) is 0 Å². The molecule has 0 saturated heterocycles. The van der Waals surface area contributed by atoms with E-state index < -0.39 is 0 Å². The second-order valence-electron chi connectivity index (χ2n) is 6.71. The Hall–Kier alpha value is -1.91. The molecule has 24 heavy (non-hydrogen) atoms. The molecule has 2 unspecified atom stereocenters. The molecule has 1 aliphatic carbocycles. The standard InChI is InChI=1S/C20H26N2O2/c1-15-10-17(13-22-12-16-4-2-5-18(23)11-16)7-8-20(15)24-19-6-3-9-21-14-19/h3,6-10,14,16,18,22-23H,2,4-5,11-13H2,1H3. The van der Waals surface area contributed by atoms with Crippen LogP contribution in [-0.4, -0.2) is 22.7 Å². The van der Waals surface area contributed by atoms with Gasteiger partial charge in [0, 0.05) is 12.7 Å². The summed E-state index contributed by atoms with van der Waals surface area (Å²) in [7, 11) is 0. The molecule has 3 rings (SSSR count). The van der Waals surface area contributed by atoms with Gasteiger partial charge in [-0.25, -0.2) is 0 Å². The largest absolute Gasteiger partial charge is 0.455 e. The fraction of sp³-hybridized carbons (Fsp3) is 0.450. The summed E-state index contributed by atoms with van der Waals surface area (Å²) in [5.74, 6) is 2.22. The number of aromatic nitrogens is 1. The van der Waals surface area contributed by atoms with E-state index in [-0.39, 0.29) is 6.10 Å². The van der Waals surface area contributed by atoms with Crippen LogP contribution < -0.4 is 10.1 Å². The lowest BCUT2D eigenvalue weighted by Gasteiger charge is -2.26. The Labute approximate surface area is 143 Å². The molecule has 4 heteroatoms. The Kier molecular flexibility index (Phi) is 5.83. The number of nitrogens with one attached hydrogen (secondary N) is 1. The van der Waals surface area contributed by atoms with Gasteiger partial charge in [0.25, 0.3) is 0 Å². The molecule has 2 N–H and O–H groups in total. The highest BCUT2D eigenvalue weighted by molar-refractivity contribution is 5.39. The van der Waals surface area contributed by atoms with Crippen LogP contribution in [0.3, 0.4) is 0 Å². The Morgan fingerprint density at radius 3 is 2.96 bits per heavy atom. The highest BCUT2D eigenvalue weighted by Crippen LogP contribution is 2.26. The summed E-state index contributed by atoms with van der Waals surface area (Å²) >= 11 is 0. The van der Waals surface area contributed by atoms with Crippen LogP contribution in [0.15, 0.2) is 42.7 Å². The molecule has 1 saturated carbocycles. The number of ether oxygens (including phenoxy) is 1. The highest BCUT2D eigenvalue weighted by Gasteiger charge is 2.19. The van der Waals surface area contributed by atoms with Gasteiger partial charge in [-0.2, -0.15) is 0 Å². The van der Waals surface area contributed by atoms with Crippen molar-refractivity contribution in [2.24, 2.45) is 5.92 Å². The molecule has 0 amide bonds. The van der Waals surface area contributed by atoms with Crippen LogP contribution in [-0.2, 0) is 6.54 Å². The van der Waals surface area contributed by atoms with E-state index in [1.807, 2.05) is 18.2 Å². The molecule has 1 heterocycles. The molecule has 1 aromatic heterocycles. The molecule has 4 nitrogen and oxygen atoms in total. The number of hydrogen-bond acceptors (Lipinski definition) is 4. The van der Waals surface area contributed by atoms with E-state index in [1.54, 1.807) is 12.4 Å². The van der Waals surface area contributed by atoms with Crippen LogP contribution in [0.1, 0.15) is 36.8 Å². The van der Waals surface area contributed by atoms with Gasteiger partial charge >= 0.3 is 0 Å². The van der Waals surface area contributed by atoms with E-state index in [0.717, 1.165) is 49.4 Å². The van der Waals surface area contributed by atoms with Crippen LogP contribution in [0.25, 0.3) is 0 Å². The maximum absolute atomic E-state index is 9.74. The fourth-order valence-electron chi connectivity index (χ4n) is 3.34. The monoisotopic (exact) mass is 326 g/mol. The van der Waals surface area contributed by atoms with Crippen LogP contribution in [0.4, 0.5) is 0 Å². The minimum absolute atomic E-state index is 0.100. The van der Waals surface area contributed by atoms with Crippen LogP contribution in [0.5, 0.6) is 11.5 Å². The summed E-state index contributed by atoms with van der Waals surface area (Å²) in [5, 5.41) is 13.3. The van der Waals surface area contributed by atoms with Crippen molar-refractivity contribution in [1.82, 2.24) is 10.3 Å². The second kappa shape index (κ2) is 8.27. The molecule has 2 atom stereocenters. The average Bonchev–Trinajstić information content (AvgIpc) is 2.58. The maximum Gasteiger partial charge on any atom is 0.145 e. The van der Waals surface area contributed by atoms with Gasteiger partial charge in [-0.15, -0.1) is 0 Å². The molecule has 128 valence electrons.